The summed E-state index contributed by atoms with van der Waals surface area (Å²) in [5.41, 5.74) is 1.78. The maximum absolute atomic E-state index is 12.3. The molecule has 0 atom stereocenters. The van der Waals surface area contributed by atoms with Gasteiger partial charge >= 0.3 is 5.97 Å². The van der Waals surface area contributed by atoms with Crippen molar-refractivity contribution in [1.82, 2.24) is 9.97 Å². The number of para-hydroxylation sites is 1. The average molecular weight is 378 g/mol. The number of nitrogens with one attached hydrogen (secondary N) is 2. The van der Waals surface area contributed by atoms with Crippen molar-refractivity contribution >= 4 is 29.2 Å². The minimum Gasteiger partial charge on any atom is -0.497 e. The van der Waals surface area contributed by atoms with Crippen molar-refractivity contribution < 1.29 is 19.1 Å². The zero-order chi connectivity index (χ0) is 19.9. The molecule has 1 heterocycles. The number of carbonyl (C=O) groups excluding carboxylic acids is 2. The number of ether oxygens (including phenoxy) is 2. The number of hydrogen-bond acceptors (Lipinski definition) is 7. The van der Waals surface area contributed by atoms with Crippen molar-refractivity contribution in [1.29, 1.82) is 0 Å². The largest absolute Gasteiger partial charge is 0.497 e. The zero-order valence-electron chi connectivity index (χ0n) is 15.3. The Morgan fingerprint density at radius 2 is 1.61 bits per heavy atom. The number of amides is 1. The molecule has 0 unspecified atom stereocenters. The van der Waals surface area contributed by atoms with Crippen molar-refractivity contribution in [3.63, 3.8) is 0 Å². The second-order valence-corrected chi connectivity index (χ2v) is 5.64. The average Bonchev–Trinajstić information content (AvgIpc) is 2.74. The lowest BCUT2D eigenvalue weighted by molar-refractivity contribution is 0.0601. The molecule has 0 saturated carbocycles. The fraction of sp³-hybridized carbons (Fsp3) is 0.100. The van der Waals surface area contributed by atoms with Gasteiger partial charge in [-0.05, 0) is 36.4 Å². The quantitative estimate of drug-likeness (QED) is 0.635. The van der Waals surface area contributed by atoms with Crippen LogP contribution in [0, 0.1) is 0 Å². The topological polar surface area (TPSA) is 102 Å². The molecule has 2 N–H and O–H groups in total. The first-order valence-electron chi connectivity index (χ1n) is 8.32. The number of aromatic nitrogens is 2. The molecule has 1 amide bonds. The van der Waals surface area contributed by atoms with Crippen molar-refractivity contribution in [3.05, 3.63) is 72.1 Å². The van der Waals surface area contributed by atoms with Gasteiger partial charge in [-0.1, -0.05) is 12.1 Å². The number of nitrogens with zero attached hydrogens (tertiary/aromatic N) is 2. The van der Waals surface area contributed by atoms with E-state index in [-0.39, 0.29) is 11.9 Å². The van der Waals surface area contributed by atoms with Crippen molar-refractivity contribution in [2.45, 2.75) is 0 Å². The lowest BCUT2D eigenvalue weighted by atomic mass is 10.2. The molecule has 0 aliphatic heterocycles. The van der Waals surface area contributed by atoms with Crippen LogP contribution in [-0.2, 0) is 4.74 Å². The molecule has 0 saturated heterocycles. The molecular formula is C20H18N4O4. The van der Waals surface area contributed by atoms with E-state index < -0.39 is 5.97 Å². The normalized spacial score (nSPS) is 10.1. The Morgan fingerprint density at radius 1 is 0.929 bits per heavy atom. The van der Waals surface area contributed by atoms with Crippen molar-refractivity contribution in [3.8, 4) is 5.75 Å². The molecule has 0 fully saturated rings. The minimum absolute atomic E-state index is 0.248. The summed E-state index contributed by atoms with van der Waals surface area (Å²) >= 11 is 0. The van der Waals surface area contributed by atoms with Crippen LogP contribution in [0.3, 0.4) is 0 Å². The lowest BCUT2D eigenvalue weighted by Gasteiger charge is -2.10. The van der Waals surface area contributed by atoms with Gasteiger partial charge in [-0.2, -0.15) is 0 Å². The van der Waals surface area contributed by atoms with Gasteiger partial charge in [0.2, 0.25) is 5.95 Å². The van der Waals surface area contributed by atoms with Gasteiger partial charge in [0.25, 0.3) is 5.91 Å². The van der Waals surface area contributed by atoms with Gasteiger partial charge in [0.1, 0.15) is 5.75 Å². The molecule has 0 aliphatic carbocycles. The second-order valence-electron chi connectivity index (χ2n) is 5.64. The number of rotatable bonds is 6. The van der Waals surface area contributed by atoms with E-state index in [9.17, 15) is 9.59 Å². The van der Waals surface area contributed by atoms with Crippen molar-refractivity contribution in [2.24, 2.45) is 0 Å². The van der Waals surface area contributed by atoms with Crippen LogP contribution < -0.4 is 15.4 Å². The summed E-state index contributed by atoms with van der Waals surface area (Å²) in [4.78, 5) is 32.4. The second kappa shape index (κ2) is 8.63. The third-order valence-corrected chi connectivity index (χ3v) is 3.84. The molecule has 0 radical (unpaired) electrons. The first-order chi connectivity index (χ1) is 13.6. The van der Waals surface area contributed by atoms with E-state index in [1.807, 2.05) is 0 Å². The van der Waals surface area contributed by atoms with E-state index in [4.69, 9.17) is 9.47 Å². The maximum atomic E-state index is 12.3. The van der Waals surface area contributed by atoms with Crippen LogP contribution in [0.15, 0.2) is 60.9 Å². The predicted octanol–water partition coefficient (Wildman–Crippen LogP) is 3.27. The van der Waals surface area contributed by atoms with Gasteiger partial charge in [0.15, 0.2) is 0 Å². The molecule has 0 aliphatic rings. The third kappa shape index (κ3) is 4.42. The smallest absolute Gasteiger partial charge is 0.339 e. The molecule has 8 heteroatoms. The van der Waals surface area contributed by atoms with Crippen LogP contribution in [0.25, 0.3) is 0 Å². The Hall–Kier alpha value is -3.94. The molecule has 0 bridgehead atoms. The number of benzene rings is 2. The molecule has 0 spiro atoms. The lowest BCUT2D eigenvalue weighted by Crippen LogP contribution is -2.13. The molecular weight excluding hydrogens is 360 g/mol. The number of esters is 1. The molecule has 142 valence electrons. The summed E-state index contributed by atoms with van der Waals surface area (Å²) < 4.78 is 9.84. The van der Waals surface area contributed by atoms with Crippen LogP contribution in [-0.4, -0.2) is 36.1 Å². The highest BCUT2D eigenvalue weighted by Crippen LogP contribution is 2.20. The third-order valence-electron chi connectivity index (χ3n) is 3.84. The highest BCUT2D eigenvalue weighted by molar-refractivity contribution is 6.04. The monoisotopic (exact) mass is 378 g/mol. The maximum Gasteiger partial charge on any atom is 0.339 e. The van der Waals surface area contributed by atoms with Crippen LogP contribution in [0.4, 0.5) is 17.3 Å². The Bertz CT molecular complexity index is 972. The first-order valence-corrected chi connectivity index (χ1v) is 8.32. The van der Waals surface area contributed by atoms with Crippen LogP contribution >= 0.6 is 0 Å². The van der Waals surface area contributed by atoms with E-state index in [0.717, 1.165) is 0 Å². The fourth-order valence-corrected chi connectivity index (χ4v) is 2.39. The highest BCUT2D eigenvalue weighted by atomic mass is 16.5. The summed E-state index contributed by atoms with van der Waals surface area (Å²) in [6.45, 7) is 0. The standard InChI is InChI=1S/C20H18N4O4/c1-27-15-9-7-14(8-10-15)23-18(25)13-11-21-20(22-12-13)24-17-6-4-3-5-16(17)19(26)28-2/h3-12H,1-2H3,(H,23,25)(H,21,22,24). The van der Waals surface area contributed by atoms with Crippen molar-refractivity contribution in [2.75, 3.05) is 24.9 Å². The molecule has 3 aromatic rings. The Kier molecular flexibility index (Phi) is 5.81. The summed E-state index contributed by atoms with van der Waals surface area (Å²) in [7, 11) is 2.88. The molecule has 1 aromatic heterocycles. The van der Waals surface area contributed by atoms with E-state index in [2.05, 4.69) is 20.6 Å². The number of carbonyl (C=O) groups is 2. The SMILES string of the molecule is COC(=O)c1ccccc1Nc1ncc(C(=O)Nc2ccc(OC)cc2)cn1. The zero-order valence-corrected chi connectivity index (χ0v) is 15.3. The van der Waals surface area contributed by atoms with E-state index >= 15 is 0 Å². The van der Waals surface area contributed by atoms with Gasteiger partial charge in [-0.3, -0.25) is 4.79 Å². The first kappa shape index (κ1) is 18.8. The van der Waals surface area contributed by atoms with Gasteiger partial charge in [0, 0.05) is 18.1 Å². The van der Waals surface area contributed by atoms with Gasteiger partial charge < -0.3 is 20.1 Å². The van der Waals surface area contributed by atoms with Crippen LogP contribution in [0.2, 0.25) is 0 Å². The summed E-state index contributed by atoms with van der Waals surface area (Å²) in [5, 5.41) is 5.70. The van der Waals surface area contributed by atoms with E-state index in [1.54, 1.807) is 55.6 Å². The van der Waals surface area contributed by atoms with Crippen LogP contribution in [0.5, 0.6) is 5.75 Å². The highest BCUT2D eigenvalue weighted by Gasteiger charge is 2.13. The van der Waals surface area contributed by atoms with Gasteiger partial charge in [-0.25, -0.2) is 14.8 Å². The van der Waals surface area contributed by atoms with E-state index in [1.165, 1.54) is 19.5 Å². The summed E-state index contributed by atoms with van der Waals surface area (Å²) in [5.74, 6) is 0.131. The molecule has 3 rings (SSSR count). The number of methoxy groups -OCH3 is 2. The summed E-state index contributed by atoms with van der Waals surface area (Å²) in [6.07, 6.45) is 2.80. The van der Waals surface area contributed by atoms with Crippen LogP contribution in [0.1, 0.15) is 20.7 Å². The fourth-order valence-electron chi connectivity index (χ4n) is 2.39. The molecule has 2 aromatic carbocycles. The predicted molar refractivity (Wildman–Crippen MR) is 104 cm³/mol. The minimum atomic E-state index is -0.474. The van der Waals surface area contributed by atoms with Gasteiger partial charge in [0.05, 0.1) is 31.0 Å². The van der Waals surface area contributed by atoms with E-state index in [0.29, 0.717) is 28.3 Å². The number of anilines is 3. The molecule has 28 heavy (non-hydrogen) atoms. The summed E-state index contributed by atoms with van der Waals surface area (Å²) in [6, 6.07) is 13.8. The number of hydrogen-bond donors (Lipinski definition) is 2. The van der Waals surface area contributed by atoms with Gasteiger partial charge in [-0.15, -0.1) is 0 Å². The molecule has 8 nitrogen and oxygen atoms in total. The Morgan fingerprint density at radius 3 is 2.25 bits per heavy atom. The Balaban J connectivity index is 1.69. The Labute approximate surface area is 161 Å².